The molecule has 146 valence electrons. The second kappa shape index (κ2) is 10.1. The highest BCUT2D eigenvalue weighted by atomic mass is 127. The average molecular weight is 538 g/mol. The summed E-state index contributed by atoms with van der Waals surface area (Å²) in [5, 5.41) is 3.43. The Labute approximate surface area is 182 Å². The predicted octanol–water partition coefficient (Wildman–Crippen LogP) is 3.91. The second-order valence-corrected chi connectivity index (χ2v) is 7.88. The largest absolute Gasteiger partial charge is 0.488 e. The van der Waals surface area contributed by atoms with Gasteiger partial charge in [-0.2, -0.15) is 0 Å². The van der Waals surface area contributed by atoms with Crippen LogP contribution in [0.4, 0.5) is 0 Å². The summed E-state index contributed by atoms with van der Waals surface area (Å²) in [5.41, 5.74) is 0.340. The van der Waals surface area contributed by atoms with Gasteiger partial charge in [-0.25, -0.2) is 4.99 Å². The second-order valence-electron chi connectivity index (χ2n) is 7.03. The first-order valence-electron chi connectivity index (χ1n) is 9.14. The SMILES string of the molecule is CCNC(=NCC(C)Oc1ccccc1Br)N1CCC2(CCOC2)C1.I. The van der Waals surface area contributed by atoms with Crippen molar-refractivity contribution in [2.45, 2.75) is 32.8 Å². The van der Waals surface area contributed by atoms with Gasteiger partial charge in [-0.1, -0.05) is 12.1 Å². The zero-order valence-electron chi connectivity index (χ0n) is 15.5. The highest BCUT2D eigenvalue weighted by Gasteiger charge is 2.42. The van der Waals surface area contributed by atoms with Crippen molar-refractivity contribution < 1.29 is 9.47 Å². The summed E-state index contributed by atoms with van der Waals surface area (Å²) in [6.45, 7) is 9.56. The van der Waals surface area contributed by atoms with Gasteiger partial charge in [0.25, 0.3) is 0 Å². The monoisotopic (exact) mass is 537 g/mol. The van der Waals surface area contributed by atoms with Gasteiger partial charge in [-0.3, -0.25) is 0 Å². The summed E-state index contributed by atoms with van der Waals surface area (Å²) in [7, 11) is 0. The summed E-state index contributed by atoms with van der Waals surface area (Å²) >= 11 is 3.52. The van der Waals surface area contributed by atoms with Gasteiger partial charge in [0.1, 0.15) is 11.9 Å². The normalized spacial score (nSPS) is 23.8. The Morgan fingerprint density at radius 1 is 1.42 bits per heavy atom. The van der Waals surface area contributed by atoms with Crippen LogP contribution in [-0.2, 0) is 4.74 Å². The fourth-order valence-corrected chi connectivity index (χ4v) is 3.90. The molecule has 0 saturated carbocycles. The van der Waals surface area contributed by atoms with Crippen LogP contribution in [0.5, 0.6) is 5.75 Å². The molecule has 2 heterocycles. The minimum atomic E-state index is 0. The smallest absolute Gasteiger partial charge is 0.194 e. The van der Waals surface area contributed by atoms with Crippen molar-refractivity contribution in [1.29, 1.82) is 0 Å². The lowest BCUT2D eigenvalue weighted by Gasteiger charge is -2.25. The van der Waals surface area contributed by atoms with E-state index in [2.05, 4.69) is 40.0 Å². The third kappa shape index (κ3) is 5.48. The molecule has 0 radical (unpaired) electrons. The number of benzene rings is 1. The topological polar surface area (TPSA) is 46.1 Å². The quantitative estimate of drug-likeness (QED) is 0.351. The predicted molar refractivity (Wildman–Crippen MR) is 120 cm³/mol. The van der Waals surface area contributed by atoms with Crippen molar-refractivity contribution >= 4 is 45.9 Å². The molecule has 0 bridgehead atoms. The third-order valence-electron chi connectivity index (χ3n) is 4.92. The number of likely N-dealkylation sites (tertiary alicyclic amines) is 1. The van der Waals surface area contributed by atoms with E-state index >= 15 is 0 Å². The molecule has 2 saturated heterocycles. The van der Waals surface area contributed by atoms with Crippen molar-refractivity contribution in [2.75, 3.05) is 39.4 Å². The standard InChI is InChI=1S/C19H28BrN3O2.HI/c1-3-21-18(23-10-8-19(13-23)9-11-24-14-19)22-12-15(2)25-17-7-5-4-6-16(17)20;/h4-7,15H,3,8-14H2,1-2H3,(H,21,22);1H. The van der Waals surface area contributed by atoms with Crippen molar-refractivity contribution in [3.63, 3.8) is 0 Å². The van der Waals surface area contributed by atoms with Crippen molar-refractivity contribution in [2.24, 2.45) is 10.4 Å². The Balaban J connectivity index is 0.00000243. The Bertz CT molecular complexity index is 608. The van der Waals surface area contributed by atoms with Gasteiger partial charge < -0.3 is 19.7 Å². The molecule has 1 spiro atoms. The highest BCUT2D eigenvalue weighted by Crippen LogP contribution is 2.38. The fraction of sp³-hybridized carbons (Fsp3) is 0.632. The van der Waals surface area contributed by atoms with Gasteiger partial charge in [-0.15, -0.1) is 24.0 Å². The van der Waals surface area contributed by atoms with E-state index in [-0.39, 0.29) is 30.1 Å². The summed E-state index contributed by atoms with van der Waals surface area (Å²) in [5.74, 6) is 1.85. The molecule has 1 N–H and O–H groups in total. The van der Waals surface area contributed by atoms with Crippen LogP contribution in [0.1, 0.15) is 26.7 Å². The summed E-state index contributed by atoms with van der Waals surface area (Å²) in [6, 6.07) is 7.93. The molecule has 5 nitrogen and oxygen atoms in total. The molecule has 2 atom stereocenters. The number of para-hydroxylation sites is 1. The van der Waals surface area contributed by atoms with Gasteiger partial charge in [0.2, 0.25) is 0 Å². The summed E-state index contributed by atoms with van der Waals surface area (Å²) in [4.78, 5) is 7.20. The zero-order valence-corrected chi connectivity index (χ0v) is 19.5. The van der Waals surface area contributed by atoms with E-state index in [4.69, 9.17) is 14.5 Å². The van der Waals surface area contributed by atoms with E-state index in [1.807, 2.05) is 24.3 Å². The molecule has 0 aromatic heterocycles. The number of nitrogens with one attached hydrogen (secondary N) is 1. The summed E-state index contributed by atoms with van der Waals surface area (Å²) < 4.78 is 12.6. The molecule has 0 aliphatic carbocycles. The lowest BCUT2D eigenvalue weighted by Crippen LogP contribution is -2.42. The molecule has 0 amide bonds. The Hall–Kier alpha value is -0.540. The lowest BCUT2D eigenvalue weighted by atomic mass is 9.87. The number of ether oxygens (including phenoxy) is 2. The fourth-order valence-electron chi connectivity index (χ4n) is 3.52. The van der Waals surface area contributed by atoms with Crippen LogP contribution in [0.3, 0.4) is 0 Å². The molecule has 7 heteroatoms. The number of nitrogens with zero attached hydrogens (tertiary/aromatic N) is 2. The zero-order chi connectivity index (χ0) is 17.7. The number of aliphatic imine (C=N–C) groups is 1. The number of guanidine groups is 1. The van der Waals surface area contributed by atoms with Gasteiger partial charge in [0, 0.05) is 31.7 Å². The first-order valence-corrected chi connectivity index (χ1v) is 9.93. The van der Waals surface area contributed by atoms with Crippen LogP contribution in [0.25, 0.3) is 0 Å². The third-order valence-corrected chi connectivity index (χ3v) is 5.58. The Morgan fingerprint density at radius 3 is 2.92 bits per heavy atom. The van der Waals surface area contributed by atoms with Crippen LogP contribution < -0.4 is 10.1 Å². The molecular weight excluding hydrogens is 509 g/mol. The van der Waals surface area contributed by atoms with E-state index < -0.39 is 0 Å². The Morgan fingerprint density at radius 2 is 2.23 bits per heavy atom. The van der Waals surface area contributed by atoms with Crippen molar-refractivity contribution in [1.82, 2.24) is 10.2 Å². The van der Waals surface area contributed by atoms with Gasteiger partial charge in [-0.05, 0) is 54.8 Å². The summed E-state index contributed by atoms with van der Waals surface area (Å²) in [6.07, 6.45) is 2.38. The number of halogens is 2. The maximum atomic E-state index is 6.01. The molecule has 1 aromatic rings. The van der Waals surface area contributed by atoms with E-state index in [9.17, 15) is 0 Å². The molecule has 2 aliphatic heterocycles. The maximum absolute atomic E-state index is 6.01. The maximum Gasteiger partial charge on any atom is 0.194 e. The Kier molecular flexibility index (Phi) is 8.47. The van der Waals surface area contributed by atoms with Crippen LogP contribution in [0, 0.1) is 5.41 Å². The average Bonchev–Trinajstić information content (AvgIpc) is 3.24. The van der Waals surface area contributed by atoms with E-state index in [0.29, 0.717) is 12.0 Å². The molecule has 2 unspecified atom stereocenters. The molecule has 2 fully saturated rings. The van der Waals surface area contributed by atoms with Gasteiger partial charge in [0.05, 0.1) is 17.6 Å². The highest BCUT2D eigenvalue weighted by molar-refractivity contribution is 14.0. The first-order chi connectivity index (χ1) is 12.1. The first kappa shape index (κ1) is 21.8. The van der Waals surface area contributed by atoms with Crippen LogP contribution in [-0.4, -0.2) is 56.4 Å². The van der Waals surface area contributed by atoms with Crippen molar-refractivity contribution in [3.8, 4) is 5.75 Å². The molecule has 1 aromatic carbocycles. The molecule has 2 aliphatic rings. The van der Waals surface area contributed by atoms with Crippen molar-refractivity contribution in [3.05, 3.63) is 28.7 Å². The van der Waals surface area contributed by atoms with E-state index in [1.165, 1.54) is 12.8 Å². The molecular formula is C19H29BrIN3O2. The number of hydrogen-bond donors (Lipinski definition) is 1. The van der Waals surface area contributed by atoms with Crippen LogP contribution in [0.2, 0.25) is 0 Å². The van der Waals surface area contributed by atoms with Gasteiger partial charge >= 0.3 is 0 Å². The lowest BCUT2D eigenvalue weighted by molar-refractivity contribution is 0.156. The van der Waals surface area contributed by atoms with E-state index in [1.54, 1.807) is 0 Å². The van der Waals surface area contributed by atoms with Crippen LogP contribution >= 0.6 is 39.9 Å². The molecule has 26 heavy (non-hydrogen) atoms. The minimum Gasteiger partial charge on any atom is -0.488 e. The molecule has 3 rings (SSSR count). The minimum absolute atomic E-state index is 0. The number of hydrogen-bond acceptors (Lipinski definition) is 3. The van der Waals surface area contributed by atoms with E-state index in [0.717, 1.165) is 49.0 Å². The van der Waals surface area contributed by atoms with Crippen LogP contribution in [0.15, 0.2) is 33.7 Å². The number of rotatable bonds is 5. The van der Waals surface area contributed by atoms with Gasteiger partial charge in [0.15, 0.2) is 5.96 Å².